The molecule has 0 N–H and O–H groups in total. The molecule has 3 fully saturated rings. The quantitative estimate of drug-likeness (QED) is 0.721. The van der Waals surface area contributed by atoms with Gasteiger partial charge in [0.1, 0.15) is 0 Å². The molecule has 2 heteroatoms. The summed E-state index contributed by atoms with van der Waals surface area (Å²) < 4.78 is 4.87. The molecule has 0 bridgehead atoms. The highest BCUT2D eigenvalue weighted by molar-refractivity contribution is 5.89. The van der Waals surface area contributed by atoms with Gasteiger partial charge in [-0.2, -0.15) is 0 Å². The maximum absolute atomic E-state index is 11.8. The number of carbonyl (C=O) groups is 1. The van der Waals surface area contributed by atoms with Crippen molar-refractivity contribution in [3.63, 3.8) is 0 Å². The first-order valence-corrected chi connectivity index (χ1v) is 9.78. The third-order valence-corrected chi connectivity index (χ3v) is 8.15. The molecular weight excluding hydrogens is 320 g/mol. The Morgan fingerprint density at radius 1 is 0.885 bits per heavy atom. The molecule has 0 spiro atoms. The molecule has 0 unspecified atom stereocenters. The summed E-state index contributed by atoms with van der Waals surface area (Å²) in [4.78, 5) is 11.8. The molecule has 0 heterocycles. The van der Waals surface area contributed by atoms with Gasteiger partial charge in [-0.25, -0.2) is 4.79 Å². The zero-order chi connectivity index (χ0) is 18.2. The van der Waals surface area contributed by atoms with Gasteiger partial charge in [-0.15, -0.1) is 0 Å². The van der Waals surface area contributed by atoms with Crippen LogP contribution in [0.5, 0.6) is 0 Å². The van der Waals surface area contributed by atoms with Crippen LogP contribution < -0.4 is 0 Å². The Bertz CT molecular complexity index is 867. The van der Waals surface area contributed by atoms with E-state index < -0.39 is 0 Å². The van der Waals surface area contributed by atoms with Gasteiger partial charge >= 0.3 is 5.97 Å². The molecule has 4 atom stereocenters. The lowest BCUT2D eigenvalue weighted by Crippen LogP contribution is -2.49. The molecule has 0 aromatic heterocycles. The van der Waals surface area contributed by atoms with Crippen molar-refractivity contribution in [2.75, 3.05) is 7.11 Å². The van der Waals surface area contributed by atoms with Crippen LogP contribution in [0.3, 0.4) is 0 Å². The number of methoxy groups -OCH3 is 1. The van der Waals surface area contributed by atoms with Crippen molar-refractivity contribution in [1.82, 2.24) is 0 Å². The van der Waals surface area contributed by atoms with Crippen molar-refractivity contribution < 1.29 is 9.53 Å². The minimum atomic E-state index is -0.259. The second kappa shape index (κ2) is 5.00. The Hall–Kier alpha value is -2.09. The minimum Gasteiger partial charge on any atom is -0.465 e. The number of hydrogen-bond acceptors (Lipinski definition) is 2. The van der Waals surface area contributed by atoms with Crippen LogP contribution >= 0.6 is 0 Å². The number of hydrogen-bond donors (Lipinski definition) is 0. The van der Waals surface area contributed by atoms with E-state index in [9.17, 15) is 4.79 Å². The molecular formula is C24H26O2. The number of esters is 1. The lowest BCUT2D eigenvalue weighted by atomic mass is 9.54. The standard InChI is InChI=1S/C24H26O2/c1-22(2)23(17-8-5-4-6-9-17)19-10-7-11-20(19)24(22,23)18-14-12-16(13-15-18)21(25)26-3/h4-6,8-9,12-15,19-20H,7,10-11H2,1-3H3/t19-,20+,23-,24+/m0/s1. The van der Waals surface area contributed by atoms with E-state index in [0.717, 1.165) is 11.8 Å². The molecule has 26 heavy (non-hydrogen) atoms. The fraction of sp³-hybridized carbons (Fsp3) is 0.458. The monoisotopic (exact) mass is 346 g/mol. The first-order chi connectivity index (χ1) is 12.5. The fourth-order valence-corrected chi connectivity index (χ4v) is 7.65. The maximum atomic E-state index is 11.8. The Labute approximate surface area is 155 Å². The van der Waals surface area contributed by atoms with Crippen LogP contribution in [0.2, 0.25) is 0 Å². The molecule has 2 aromatic carbocycles. The van der Waals surface area contributed by atoms with Crippen molar-refractivity contribution in [3.8, 4) is 0 Å². The van der Waals surface area contributed by atoms with Crippen LogP contribution in [0.4, 0.5) is 0 Å². The zero-order valence-electron chi connectivity index (χ0n) is 15.8. The molecule has 0 radical (unpaired) electrons. The van der Waals surface area contributed by atoms with Gasteiger partial charge in [-0.3, -0.25) is 0 Å². The van der Waals surface area contributed by atoms with Gasteiger partial charge in [-0.05, 0) is 53.4 Å². The summed E-state index contributed by atoms with van der Waals surface area (Å²) in [7, 11) is 1.44. The molecule has 134 valence electrons. The highest BCUT2D eigenvalue weighted by atomic mass is 16.5. The Balaban J connectivity index is 1.66. The van der Waals surface area contributed by atoms with Crippen molar-refractivity contribution in [2.45, 2.75) is 43.9 Å². The zero-order valence-corrected chi connectivity index (χ0v) is 15.8. The van der Waals surface area contributed by atoms with Crippen molar-refractivity contribution in [3.05, 3.63) is 71.3 Å². The van der Waals surface area contributed by atoms with Gasteiger partial charge in [0.25, 0.3) is 0 Å². The van der Waals surface area contributed by atoms with Gasteiger partial charge in [-0.1, -0.05) is 62.7 Å². The van der Waals surface area contributed by atoms with Gasteiger partial charge in [0.2, 0.25) is 0 Å². The SMILES string of the molecule is COC(=O)c1ccc([C@]23[C@@H]4CCC[C@@H]4[C@@]2(c2ccccc2)C3(C)C)cc1. The molecule has 2 nitrogen and oxygen atoms in total. The number of fused-ring (bicyclic) bond motifs is 4. The van der Waals surface area contributed by atoms with E-state index in [0.29, 0.717) is 5.56 Å². The molecule has 3 saturated carbocycles. The number of benzene rings is 2. The first kappa shape index (κ1) is 16.1. The lowest BCUT2D eigenvalue weighted by Gasteiger charge is -2.49. The second-order valence-corrected chi connectivity index (χ2v) is 8.82. The van der Waals surface area contributed by atoms with Crippen LogP contribution in [0.15, 0.2) is 54.6 Å². The van der Waals surface area contributed by atoms with E-state index in [1.54, 1.807) is 0 Å². The first-order valence-electron chi connectivity index (χ1n) is 9.78. The fourth-order valence-electron chi connectivity index (χ4n) is 7.65. The smallest absolute Gasteiger partial charge is 0.337 e. The predicted molar refractivity (Wildman–Crippen MR) is 102 cm³/mol. The summed E-state index contributed by atoms with van der Waals surface area (Å²) in [6.07, 6.45) is 4.04. The molecule has 3 aliphatic rings. The van der Waals surface area contributed by atoms with E-state index in [2.05, 4.69) is 56.3 Å². The average molecular weight is 346 g/mol. The third kappa shape index (κ3) is 1.46. The number of rotatable bonds is 3. The number of ether oxygens (including phenoxy) is 1. The largest absolute Gasteiger partial charge is 0.465 e. The molecule has 0 aliphatic heterocycles. The summed E-state index contributed by atoms with van der Waals surface area (Å²) in [6.45, 7) is 4.93. The van der Waals surface area contributed by atoms with Crippen molar-refractivity contribution in [2.24, 2.45) is 17.3 Å². The van der Waals surface area contributed by atoms with Crippen LogP contribution in [0.1, 0.15) is 54.6 Å². The topological polar surface area (TPSA) is 26.3 Å². The van der Waals surface area contributed by atoms with E-state index in [1.807, 2.05) is 12.1 Å². The van der Waals surface area contributed by atoms with Crippen LogP contribution in [0, 0.1) is 17.3 Å². The highest BCUT2D eigenvalue weighted by Crippen LogP contribution is 2.94. The van der Waals surface area contributed by atoms with Crippen molar-refractivity contribution in [1.29, 1.82) is 0 Å². The predicted octanol–water partition coefficient (Wildman–Crippen LogP) is 5.12. The molecule has 2 aromatic rings. The molecule has 0 amide bonds. The van der Waals surface area contributed by atoms with E-state index in [1.165, 1.54) is 37.5 Å². The second-order valence-electron chi connectivity index (χ2n) is 8.82. The van der Waals surface area contributed by atoms with Crippen molar-refractivity contribution >= 4 is 5.97 Å². The van der Waals surface area contributed by atoms with E-state index in [4.69, 9.17) is 4.74 Å². The summed E-state index contributed by atoms with van der Waals surface area (Å²) in [5, 5.41) is 0. The van der Waals surface area contributed by atoms with Crippen LogP contribution in [0.25, 0.3) is 0 Å². The normalized spacial score (nSPS) is 35.8. The Morgan fingerprint density at radius 2 is 1.42 bits per heavy atom. The highest BCUT2D eigenvalue weighted by Gasteiger charge is 2.95. The number of carbonyl (C=O) groups excluding carboxylic acids is 1. The molecule has 5 rings (SSSR count). The Kier molecular flexibility index (Phi) is 3.10. The van der Waals surface area contributed by atoms with Gasteiger partial charge < -0.3 is 4.74 Å². The molecule has 3 aliphatic carbocycles. The maximum Gasteiger partial charge on any atom is 0.337 e. The summed E-state index contributed by atoms with van der Waals surface area (Å²) in [5.41, 5.74) is 4.24. The van der Waals surface area contributed by atoms with E-state index in [-0.39, 0.29) is 22.2 Å². The van der Waals surface area contributed by atoms with E-state index >= 15 is 0 Å². The Morgan fingerprint density at radius 3 is 1.96 bits per heavy atom. The minimum absolute atomic E-state index is 0.206. The molecule has 0 saturated heterocycles. The summed E-state index contributed by atoms with van der Waals surface area (Å²) in [5.74, 6) is 1.30. The third-order valence-electron chi connectivity index (χ3n) is 8.15. The van der Waals surface area contributed by atoms with Gasteiger partial charge in [0.15, 0.2) is 0 Å². The lowest BCUT2D eigenvalue weighted by molar-refractivity contribution is 0.0600. The van der Waals surface area contributed by atoms with Crippen LogP contribution in [-0.2, 0) is 15.6 Å². The van der Waals surface area contributed by atoms with Crippen LogP contribution in [-0.4, -0.2) is 13.1 Å². The summed E-state index contributed by atoms with van der Waals surface area (Å²) >= 11 is 0. The van der Waals surface area contributed by atoms with Gasteiger partial charge in [0, 0.05) is 10.8 Å². The summed E-state index contributed by atoms with van der Waals surface area (Å²) in [6, 6.07) is 19.4. The average Bonchev–Trinajstić information content (AvgIpc) is 2.90. The van der Waals surface area contributed by atoms with Gasteiger partial charge in [0.05, 0.1) is 12.7 Å².